The lowest BCUT2D eigenvalue weighted by Gasteiger charge is -2.15. The number of alkyl halides is 4. The van der Waals surface area contributed by atoms with Crippen molar-refractivity contribution in [2.24, 2.45) is 0 Å². The number of fused-ring (bicyclic) bond motifs is 1. The van der Waals surface area contributed by atoms with E-state index in [1.54, 1.807) is 25.1 Å². The number of carbonyl (C=O) groups is 1. The summed E-state index contributed by atoms with van der Waals surface area (Å²) >= 11 is 0. The third kappa shape index (κ3) is 4.37. The van der Waals surface area contributed by atoms with Gasteiger partial charge in [0.2, 0.25) is 5.91 Å². The Balaban J connectivity index is 1.88. The van der Waals surface area contributed by atoms with Crippen molar-refractivity contribution < 1.29 is 27.1 Å². The van der Waals surface area contributed by atoms with Crippen molar-refractivity contribution in [3.05, 3.63) is 52.8 Å². The van der Waals surface area contributed by atoms with Crippen LogP contribution in [0, 0.1) is 6.92 Å². The van der Waals surface area contributed by atoms with E-state index < -0.39 is 30.0 Å². The van der Waals surface area contributed by atoms with Crippen LogP contribution in [-0.4, -0.2) is 27.8 Å². The number of nitrogens with zero attached hydrogens (tertiary/aromatic N) is 3. The summed E-state index contributed by atoms with van der Waals surface area (Å²) in [5.74, 6) is 0.156. The van der Waals surface area contributed by atoms with Gasteiger partial charge in [0.15, 0.2) is 5.65 Å². The predicted molar refractivity (Wildman–Crippen MR) is 102 cm³/mol. The molecular weight excluding hydrogens is 404 g/mol. The fraction of sp³-hybridized carbons (Fsp3) is 0.350. The highest BCUT2D eigenvalue weighted by atomic mass is 19.3. The molecule has 2 aromatic heterocycles. The second kappa shape index (κ2) is 8.68. The second-order valence-corrected chi connectivity index (χ2v) is 6.75. The van der Waals surface area contributed by atoms with Crippen LogP contribution in [0.5, 0.6) is 5.75 Å². The van der Waals surface area contributed by atoms with Crippen LogP contribution in [0.15, 0.2) is 30.3 Å². The molecule has 0 bridgehead atoms. The number of rotatable bonds is 7. The van der Waals surface area contributed by atoms with Gasteiger partial charge in [0.1, 0.15) is 18.0 Å². The van der Waals surface area contributed by atoms with Gasteiger partial charge in [-0.2, -0.15) is 5.10 Å². The fourth-order valence-electron chi connectivity index (χ4n) is 3.22. The molecule has 0 saturated heterocycles. The van der Waals surface area contributed by atoms with Crippen molar-refractivity contribution in [3.63, 3.8) is 0 Å². The first-order chi connectivity index (χ1) is 14.2. The van der Waals surface area contributed by atoms with Crippen LogP contribution in [0.3, 0.4) is 0 Å². The topological polar surface area (TPSA) is 69.0 Å². The number of hydrogen-bond acceptors (Lipinski definition) is 4. The van der Waals surface area contributed by atoms with Crippen LogP contribution in [-0.2, 0) is 11.3 Å². The molecular formula is C20H20F4N4O2. The monoisotopic (exact) mass is 424 g/mol. The SMILES string of the molecule is COc1cccc(C(C)NC(=O)Cn2nc(C)c3c(C(F)F)cc(C(F)F)nc32)c1. The maximum absolute atomic E-state index is 13.4. The van der Waals surface area contributed by atoms with Crippen molar-refractivity contribution in [1.29, 1.82) is 0 Å². The fourth-order valence-corrected chi connectivity index (χ4v) is 3.22. The molecule has 2 heterocycles. The van der Waals surface area contributed by atoms with Gasteiger partial charge in [-0.1, -0.05) is 12.1 Å². The largest absolute Gasteiger partial charge is 0.497 e. The first kappa shape index (κ1) is 21.5. The maximum atomic E-state index is 13.4. The summed E-state index contributed by atoms with van der Waals surface area (Å²) in [6.45, 7) is 2.87. The van der Waals surface area contributed by atoms with Crippen molar-refractivity contribution in [3.8, 4) is 5.75 Å². The molecule has 1 unspecified atom stereocenters. The highest BCUT2D eigenvalue weighted by Crippen LogP contribution is 2.32. The molecule has 0 aliphatic carbocycles. The van der Waals surface area contributed by atoms with E-state index in [1.165, 1.54) is 14.0 Å². The van der Waals surface area contributed by atoms with Crippen LogP contribution in [0.2, 0.25) is 0 Å². The molecule has 1 atom stereocenters. The Labute approximate surface area is 169 Å². The van der Waals surface area contributed by atoms with Crippen molar-refractivity contribution in [1.82, 2.24) is 20.1 Å². The summed E-state index contributed by atoms with van der Waals surface area (Å²) in [6, 6.07) is 7.43. The van der Waals surface area contributed by atoms with Crippen molar-refractivity contribution >= 4 is 16.9 Å². The number of ether oxygens (including phenoxy) is 1. The lowest BCUT2D eigenvalue weighted by atomic mass is 10.1. The van der Waals surface area contributed by atoms with Gasteiger partial charge in [-0.15, -0.1) is 0 Å². The molecule has 0 aliphatic heterocycles. The van der Waals surface area contributed by atoms with E-state index in [0.29, 0.717) is 11.8 Å². The van der Waals surface area contributed by atoms with E-state index in [-0.39, 0.29) is 29.3 Å². The number of amides is 1. The summed E-state index contributed by atoms with van der Waals surface area (Å²) < 4.78 is 59.3. The number of pyridine rings is 1. The molecule has 0 spiro atoms. The highest BCUT2D eigenvalue weighted by Gasteiger charge is 2.24. The van der Waals surface area contributed by atoms with Crippen LogP contribution in [0.4, 0.5) is 17.6 Å². The molecule has 1 aromatic carbocycles. The minimum absolute atomic E-state index is 0.0250. The number of aromatic nitrogens is 3. The number of aryl methyl sites for hydroxylation is 1. The number of nitrogens with one attached hydrogen (secondary N) is 1. The number of carbonyl (C=O) groups excluding carboxylic acids is 1. The van der Waals surface area contributed by atoms with Crippen molar-refractivity contribution in [2.45, 2.75) is 39.3 Å². The molecule has 10 heteroatoms. The van der Waals surface area contributed by atoms with Gasteiger partial charge in [0.05, 0.1) is 24.2 Å². The molecule has 1 N–H and O–H groups in total. The normalized spacial score (nSPS) is 12.6. The number of halogens is 4. The molecule has 3 aromatic rings. The van der Waals surface area contributed by atoms with Crippen LogP contribution >= 0.6 is 0 Å². The molecule has 0 saturated carbocycles. The van der Waals surface area contributed by atoms with E-state index >= 15 is 0 Å². The first-order valence-corrected chi connectivity index (χ1v) is 9.08. The molecule has 0 radical (unpaired) electrons. The predicted octanol–water partition coefficient (Wildman–Crippen LogP) is 4.50. The quantitative estimate of drug-likeness (QED) is 0.567. The van der Waals surface area contributed by atoms with E-state index in [2.05, 4.69) is 15.4 Å². The average Bonchev–Trinajstić information content (AvgIpc) is 3.02. The molecule has 1 amide bonds. The van der Waals surface area contributed by atoms with E-state index in [1.807, 2.05) is 6.07 Å². The van der Waals surface area contributed by atoms with E-state index in [9.17, 15) is 22.4 Å². The Morgan fingerprint density at radius 1 is 1.20 bits per heavy atom. The third-order valence-corrected chi connectivity index (χ3v) is 4.65. The molecule has 160 valence electrons. The van der Waals surface area contributed by atoms with Gasteiger partial charge in [-0.25, -0.2) is 27.2 Å². The lowest BCUT2D eigenvalue weighted by molar-refractivity contribution is -0.122. The molecule has 3 rings (SSSR count). The minimum atomic E-state index is -3.03. The molecule has 30 heavy (non-hydrogen) atoms. The summed E-state index contributed by atoms with van der Waals surface area (Å²) in [5.41, 5.74) is -0.567. The van der Waals surface area contributed by atoms with Crippen LogP contribution < -0.4 is 10.1 Å². The average molecular weight is 424 g/mol. The zero-order valence-electron chi connectivity index (χ0n) is 16.5. The number of methoxy groups -OCH3 is 1. The van der Waals surface area contributed by atoms with Crippen molar-refractivity contribution in [2.75, 3.05) is 7.11 Å². The van der Waals surface area contributed by atoms with Gasteiger partial charge in [-0.05, 0) is 37.6 Å². The smallest absolute Gasteiger partial charge is 0.280 e. The highest BCUT2D eigenvalue weighted by molar-refractivity contribution is 5.85. The van der Waals surface area contributed by atoms with Crippen LogP contribution in [0.25, 0.3) is 11.0 Å². The zero-order valence-corrected chi connectivity index (χ0v) is 16.5. The molecule has 6 nitrogen and oxygen atoms in total. The summed E-state index contributed by atoms with van der Waals surface area (Å²) in [6.07, 6.45) is -6.01. The number of benzene rings is 1. The zero-order chi connectivity index (χ0) is 22.0. The maximum Gasteiger partial charge on any atom is 0.280 e. The minimum Gasteiger partial charge on any atom is -0.497 e. The summed E-state index contributed by atoms with van der Waals surface area (Å²) in [5, 5.41) is 6.82. The summed E-state index contributed by atoms with van der Waals surface area (Å²) in [7, 11) is 1.53. The summed E-state index contributed by atoms with van der Waals surface area (Å²) in [4.78, 5) is 16.3. The number of hydrogen-bond donors (Lipinski definition) is 1. The lowest BCUT2D eigenvalue weighted by Crippen LogP contribution is -2.30. The van der Waals surface area contributed by atoms with Gasteiger partial charge in [0.25, 0.3) is 12.9 Å². The van der Waals surface area contributed by atoms with Crippen LogP contribution in [0.1, 0.15) is 48.3 Å². The van der Waals surface area contributed by atoms with Gasteiger partial charge in [-0.3, -0.25) is 4.79 Å². The first-order valence-electron chi connectivity index (χ1n) is 9.08. The molecule has 0 aliphatic rings. The third-order valence-electron chi connectivity index (χ3n) is 4.65. The Bertz CT molecular complexity index is 1070. The van der Waals surface area contributed by atoms with Gasteiger partial charge >= 0.3 is 0 Å². The Kier molecular flexibility index (Phi) is 6.23. The standard InChI is InChI=1S/C20H20F4N4O2/c1-10(12-5-4-6-13(7-12)30-3)25-16(29)9-28-20-17(11(2)27-28)14(18(21)22)8-15(26-20)19(23)24/h4-8,10,18-19H,9H2,1-3H3,(H,25,29). The Morgan fingerprint density at radius 2 is 1.93 bits per heavy atom. The second-order valence-electron chi connectivity index (χ2n) is 6.75. The van der Waals surface area contributed by atoms with Gasteiger partial charge in [0, 0.05) is 5.56 Å². The van der Waals surface area contributed by atoms with Gasteiger partial charge < -0.3 is 10.1 Å². The van der Waals surface area contributed by atoms with E-state index in [0.717, 1.165) is 10.2 Å². The van der Waals surface area contributed by atoms with E-state index in [4.69, 9.17) is 4.74 Å². The molecule has 0 fully saturated rings. The Hall–Kier alpha value is -3.17. The Morgan fingerprint density at radius 3 is 2.57 bits per heavy atom.